The highest BCUT2D eigenvalue weighted by Gasteiger charge is 2.27. The summed E-state index contributed by atoms with van der Waals surface area (Å²) in [6.45, 7) is 0. The molecule has 0 aromatic heterocycles. The van der Waals surface area contributed by atoms with Gasteiger partial charge in [0.05, 0.1) is 28.4 Å². The van der Waals surface area contributed by atoms with Crippen molar-refractivity contribution in [2.24, 2.45) is 5.14 Å². The largest absolute Gasteiger partial charge is 0.397 e. The van der Waals surface area contributed by atoms with Gasteiger partial charge >= 0.3 is 0 Å². The molecule has 1 saturated carbocycles. The summed E-state index contributed by atoms with van der Waals surface area (Å²) in [5.41, 5.74) is 6.98. The van der Waals surface area contributed by atoms with E-state index in [1.54, 1.807) is 6.07 Å². The molecule has 0 aliphatic heterocycles. The van der Waals surface area contributed by atoms with E-state index in [0.29, 0.717) is 11.4 Å². The number of hydrogen-bond acceptors (Lipinski definition) is 5. The molecule has 1 aromatic carbocycles. The minimum atomic E-state index is -3.75. The van der Waals surface area contributed by atoms with E-state index in [1.807, 2.05) is 11.9 Å². The minimum absolute atomic E-state index is 0.00339. The van der Waals surface area contributed by atoms with E-state index in [0.717, 1.165) is 25.7 Å². The van der Waals surface area contributed by atoms with Gasteiger partial charge in [-0.1, -0.05) is 12.8 Å². The fraction of sp³-hybridized carbons (Fsp3) is 0.538. The molecule has 0 spiro atoms. The monoisotopic (exact) mass is 299 g/mol. The summed E-state index contributed by atoms with van der Waals surface area (Å²) >= 11 is 0. The maximum absolute atomic E-state index is 11.3. The maximum atomic E-state index is 11.3. The second-order valence-corrected chi connectivity index (χ2v) is 6.86. The predicted molar refractivity (Wildman–Crippen MR) is 78.9 cm³/mol. The van der Waals surface area contributed by atoms with Gasteiger partial charge in [-0.15, -0.1) is 0 Å². The topological polar surface area (TPSA) is 110 Å². The summed E-state index contributed by atoms with van der Waals surface area (Å²) in [4.78, 5) is 1.92. The van der Waals surface area contributed by atoms with Crippen LogP contribution >= 0.6 is 0 Å². The van der Waals surface area contributed by atoms with Crippen molar-refractivity contribution >= 4 is 21.4 Å². The number of aliphatic hydroxyl groups is 1. The zero-order chi connectivity index (χ0) is 14.9. The van der Waals surface area contributed by atoms with Gasteiger partial charge in [0.15, 0.2) is 0 Å². The number of likely N-dealkylation sites (N-methyl/N-ethyl adjacent to an activating group) is 1. The Morgan fingerprint density at radius 2 is 1.95 bits per heavy atom. The maximum Gasteiger partial charge on any atom is 0.238 e. The number of hydrogen-bond donors (Lipinski definition) is 3. The highest BCUT2D eigenvalue weighted by molar-refractivity contribution is 7.89. The molecule has 1 aliphatic carbocycles. The quantitative estimate of drug-likeness (QED) is 0.710. The first kappa shape index (κ1) is 15.1. The molecule has 20 heavy (non-hydrogen) atoms. The lowest BCUT2D eigenvalue weighted by Gasteiger charge is -2.37. The molecule has 1 aromatic rings. The summed E-state index contributed by atoms with van der Waals surface area (Å²) in [5.74, 6) is 0. The van der Waals surface area contributed by atoms with Crippen LogP contribution in [0.5, 0.6) is 0 Å². The number of rotatable bonds is 3. The molecule has 5 N–H and O–H groups in total. The van der Waals surface area contributed by atoms with E-state index in [4.69, 9.17) is 10.9 Å². The van der Waals surface area contributed by atoms with Gasteiger partial charge in [-0.2, -0.15) is 0 Å². The van der Waals surface area contributed by atoms with Crippen LogP contribution in [0.2, 0.25) is 0 Å². The second kappa shape index (κ2) is 5.59. The molecule has 0 amide bonds. The van der Waals surface area contributed by atoms with Crippen LogP contribution in [0.25, 0.3) is 0 Å². The molecule has 0 radical (unpaired) electrons. The normalized spacial score (nSPS) is 23.6. The van der Waals surface area contributed by atoms with Crippen molar-refractivity contribution in [2.75, 3.05) is 17.7 Å². The Hall–Kier alpha value is -1.31. The Morgan fingerprint density at radius 3 is 2.50 bits per heavy atom. The van der Waals surface area contributed by atoms with Crippen molar-refractivity contribution in [1.29, 1.82) is 0 Å². The number of anilines is 2. The predicted octanol–water partition coefficient (Wildman–Crippen LogP) is 0.656. The third-order valence-electron chi connectivity index (χ3n) is 3.90. The van der Waals surface area contributed by atoms with E-state index in [9.17, 15) is 13.5 Å². The van der Waals surface area contributed by atoms with Crippen LogP contribution in [0, 0.1) is 0 Å². The number of nitrogens with two attached hydrogens (primary N) is 2. The molecule has 0 heterocycles. The second-order valence-electron chi connectivity index (χ2n) is 5.30. The average Bonchev–Trinajstić information content (AvgIpc) is 2.37. The van der Waals surface area contributed by atoms with Crippen molar-refractivity contribution in [3.63, 3.8) is 0 Å². The molecule has 7 heteroatoms. The fourth-order valence-electron chi connectivity index (χ4n) is 2.75. The van der Waals surface area contributed by atoms with E-state index in [1.165, 1.54) is 12.1 Å². The lowest BCUT2D eigenvalue weighted by Crippen LogP contribution is -2.43. The van der Waals surface area contributed by atoms with Crippen molar-refractivity contribution in [3.8, 4) is 0 Å². The molecular formula is C13H21N3O3S. The van der Waals surface area contributed by atoms with Crippen molar-refractivity contribution in [1.82, 2.24) is 0 Å². The van der Waals surface area contributed by atoms with Gasteiger partial charge in [-0.05, 0) is 31.0 Å². The SMILES string of the molecule is CN(c1ccc(S(N)(=O)=O)cc1N)C1CCCCC1O. The Kier molecular flexibility index (Phi) is 4.22. The first-order chi connectivity index (χ1) is 9.30. The van der Waals surface area contributed by atoms with Crippen LogP contribution in [0.4, 0.5) is 11.4 Å². The number of benzene rings is 1. The molecule has 2 unspecified atom stereocenters. The molecule has 0 bridgehead atoms. The van der Waals surface area contributed by atoms with Gasteiger partial charge in [-0.25, -0.2) is 13.6 Å². The molecule has 0 saturated heterocycles. The Bertz CT molecular complexity index is 589. The van der Waals surface area contributed by atoms with E-state index >= 15 is 0 Å². The Labute approximate surface area is 119 Å². The van der Waals surface area contributed by atoms with Crippen LogP contribution in [0.15, 0.2) is 23.1 Å². The van der Waals surface area contributed by atoms with Crippen LogP contribution in [0.1, 0.15) is 25.7 Å². The number of sulfonamides is 1. The van der Waals surface area contributed by atoms with Gasteiger partial charge in [0.2, 0.25) is 10.0 Å². The van der Waals surface area contributed by atoms with Crippen molar-refractivity contribution in [3.05, 3.63) is 18.2 Å². The summed E-state index contributed by atoms with van der Waals surface area (Å²) in [6.07, 6.45) is 3.40. The first-order valence-electron chi connectivity index (χ1n) is 6.64. The lowest BCUT2D eigenvalue weighted by atomic mass is 9.91. The summed E-state index contributed by atoms with van der Waals surface area (Å²) in [6, 6.07) is 4.44. The van der Waals surface area contributed by atoms with Crippen LogP contribution < -0.4 is 15.8 Å². The van der Waals surface area contributed by atoms with Gasteiger partial charge in [0.1, 0.15) is 0 Å². The molecular weight excluding hydrogens is 278 g/mol. The smallest absolute Gasteiger partial charge is 0.238 e. The Morgan fingerprint density at radius 1 is 1.30 bits per heavy atom. The number of nitrogens with zero attached hydrogens (tertiary/aromatic N) is 1. The van der Waals surface area contributed by atoms with E-state index in [2.05, 4.69) is 0 Å². The number of primary sulfonamides is 1. The third-order valence-corrected chi connectivity index (χ3v) is 4.81. The summed E-state index contributed by atoms with van der Waals surface area (Å²) in [7, 11) is -1.89. The van der Waals surface area contributed by atoms with Gasteiger partial charge in [-0.3, -0.25) is 0 Å². The van der Waals surface area contributed by atoms with Crippen LogP contribution in [-0.2, 0) is 10.0 Å². The first-order valence-corrected chi connectivity index (χ1v) is 8.18. The summed E-state index contributed by atoms with van der Waals surface area (Å²) in [5, 5.41) is 15.2. The minimum Gasteiger partial charge on any atom is -0.397 e. The highest BCUT2D eigenvalue weighted by Crippen LogP contribution is 2.31. The zero-order valence-corrected chi connectivity index (χ0v) is 12.3. The molecule has 2 atom stereocenters. The molecule has 2 rings (SSSR count). The lowest BCUT2D eigenvalue weighted by molar-refractivity contribution is 0.106. The number of aliphatic hydroxyl groups excluding tert-OH is 1. The molecule has 1 aliphatic rings. The van der Waals surface area contributed by atoms with Crippen molar-refractivity contribution in [2.45, 2.75) is 42.7 Å². The standard InChI is InChI=1S/C13H21N3O3S/c1-16(12-4-2-3-5-13(12)17)11-7-6-9(8-10(11)14)20(15,18)19/h6-8,12-13,17H,2-5,14H2,1H3,(H2,15,18,19). The number of nitrogen functional groups attached to an aromatic ring is 1. The fourth-order valence-corrected chi connectivity index (χ4v) is 3.30. The third kappa shape index (κ3) is 3.05. The summed E-state index contributed by atoms with van der Waals surface area (Å²) < 4.78 is 22.6. The molecule has 6 nitrogen and oxygen atoms in total. The molecule has 112 valence electrons. The average molecular weight is 299 g/mol. The Balaban J connectivity index is 2.28. The van der Waals surface area contributed by atoms with Gasteiger partial charge in [0.25, 0.3) is 0 Å². The van der Waals surface area contributed by atoms with Gasteiger partial charge in [0, 0.05) is 7.05 Å². The highest BCUT2D eigenvalue weighted by atomic mass is 32.2. The van der Waals surface area contributed by atoms with Crippen molar-refractivity contribution < 1.29 is 13.5 Å². The van der Waals surface area contributed by atoms with Crippen LogP contribution in [0.3, 0.4) is 0 Å². The molecule has 1 fully saturated rings. The zero-order valence-electron chi connectivity index (χ0n) is 11.5. The van der Waals surface area contributed by atoms with Gasteiger partial charge < -0.3 is 15.7 Å². The van der Waals surface area contributed by atoms with E-state index in [-0.39, 0.29) is 17.0 Å². The van der Waals surface area contributed by atoms with Crippen LogP contribution in [-0.4, -0.2) is 32.7 Å². The van der Waals surface area contributed by atoms with E-state index < -0.39 is 10.0 Å².